The molecule has 6 nitrogen and oxygen atoms in total. The summed E-state index contributed by atoms with van der Waals surface area (Å²) < 4.78 is 44.8. The van der Waals surface area contributed by atoms with E-state index in [-0.39, 0.29) is 18.7 Å². The second-order valence-electron chi connectivity index (χ2n) is 8.96. The van der Waals surface area contributed by atoms with Crippen LogP contribution < -0.4 is 10.2 Å². The smallest absolute Gasteiger partial charge is 0.416 e. The number of furan rings is 1. The molecule has 1 N–H and O–H groups in total. The first-order valence-corrected chi connectivity index (χ1v) is 12.4. The molecular formula is C30H25F3N4O2. The fourth-order valence-corrected chi connectivity index (χ4v) is 4.28. The Balaban J connectivity index is 1.42. The average Bonchev–Trinajstić information content (AvgIpc) is 3.48. The zero-order chi connectivity index (χ0) is 27.2. The topological polar surface area (TPSA) is 71.3 Å². The number of hydrogen-bond acceptors (Lipinski definition) is 5. The van der Waals surface area contributed by atoms with Crippen molar-refractivity contribution in [1.82, 2.24) is 9.97 Å². The third-order valence-electron chi connectivity index (χ3n) is 6.22. The van der Waals surface area contributed by atoms with Gasteiger partial charge in [-0.1, -0.05) is 48.5 Å². The highest BCUT2D eigenvalue weighted by atomic mass is 19.4. The van der Waals surface area contributed by atoms with Gasteiger partial charge in [-0.15, -0.1) is 0 Å². The normalized spacial score (nSPS) is 11.5. The maximum atomic E-state index is 13.1. The number of nitrogens with zero attached hydrogens (tertiary/aromatic N) is 3. The first-order chi connectivity index (χ1) is 18.9. The van der Waals surface area contributed by atoms with Gasteiger partial charge in [0.15, 0.2) is 11.6 Å². The van der Waals surface area contributed by atoms with E-state index in [1.807, 2.05) is 59.5 Å². The van der Waals surface area contributed by atoms with Crippen LogP contribution in [0, 0.1) is 0 Å². The monoisotopic (exact) mass is 530 g/mol. The van der Waals surface area contributed by atoms with Crippen LogP contribution in [0.4, 0.5) is 24.7 Å². The number of hydrogen-bond donors (Lipinski definition) is 1. The highest BCUT2D eigenvalue weighted by molar-refractivity contribution is 5.93. The van der Waals surface area contributed by atoms with Crippen LogP contribution in [0.1, 0.15) is 17.5 Å². The molecule has 2 heterocycles. The number of benzene rings is 3. The summed E-state index contributed by atoms with van der Waals surface area (Å²) in [6.07, 6.45) is -2.20. The summed E-state index contributed by atoms with van der Waals surface area (Å²) in [5.74, 6) is 1.19. The van der Waals surface area contributed by atoms with Crippen molar-refractivity contribution in [1.29, 1.82) is 0 Å². The molecule has 0 bridgehead atoms. The van der Waals surface area contributed by atoms with Crippen LogP contribution in [0.2, 0.25) is 0 Å². The van der Waals surface area contributed by atoms with E-state index < -0.39 is 17.6 Å². The van der Waals surface area contributed by atoms with Crippen LogP contribution in [0.25, 0.3) is 22.5 Å². The molecule has 5 aromatic rings. The molecule has 0 saturated carbocycles. The Hall–Kier alpha value is -4.66. The number of amides is 1. The Labute approximate surface area is 223 Å². The number of anilines is 2. The van der Waals surface area contributed by atoms with Crippen molar-refractivity contribution in [3.8, 4) is 11.6 Å². The van der Waals surface area contributed by atoms with E-state index in [1.165, 1.54) is 12.1 Å². The zero-order valence-corrected chi connectivity index (χ0v) is 20.9. The number of rotatable bonds is 9. The number of carbonyl (C=O) groups excluding carboxylic acids is 1. The van der Waals surface area contributed by atoms with Gasteiger partial charge < -0.3 is 14.6 Å². The predicted octanol–water partition coefficient (Wildman–Crippen LogP) is 6.99. The van der Waals surface area contributed by atoms with Crippen LogP contribution in [-0.4, -0.2) is 29.0 Å². The lowest BCUT2D eigenvalue weighted by Gasteiger charge is -2.25. The minimum Gasteiger partial charge on any atom is -0.461 e. The number of alkyl halides is 3. The Morgan fingerprint density at radius 2 is 1.67 bits per heavy atom. The Morgan fingerprint density at radius 1 is 0.872 bits per heavy atom. The van der Waals surface area contributed by atoms with Crippen LogP contribution >= 0.6 is 0 Å². The summed E-state index contributed by atoms with van der Waals surface area (Å²) in [6, 6.07) is 25.7. The molecule has 0 fully saturated rings. The second kappa shape index (κ2) is 11.4. The molecule has 198 valence electrons. The van der Waals surface area contributed by atoms with Gasteiger partial charge in [0.1, 0.15) is 5.82 Å². The summed E-state index contributed by atoms with van der Waals surface area (Å²) in [6.45, 7) is 0.843. The molecular weight excluding hydrogens is 505 g/mol. The van der Waals surface area contributed by atoms with Crippen molar-refractivity contribution < 1.29 is 22.4 Å². The molecule has 5 rings (SSSR count). The molecule has 0 aliphatic carbocycles. The minimum atomic E-state index is -4.49. The summed E-state index contributed by atoms with van der Waals surface area (Å²) in [5.41, 5.74) is 1.13. The third-order valence-corrected chi connectivity index (χ3v) is 6.22. The standard InChI is InChI=1S/C30H25F3N4O2/c31-30(32,33)22-10-6-11-23(20-22)34-27(38)16-18-37(17-15-21-8-2-1-3-9-21)29-24-12-4-5-13-25(24)35-28(36-29)26-14-7-19-39-26/h1-14,19-20H,15-18H2,(H,34,38). The largest absolute Gasteiger partial charge is 0.461 e. The van der Waals surface area contributed by atoms with Crippen molar-refractivity contribution in [3.63, 3.8) is 0 Å². The maximum absolute atomic E-state index is 13.1. The maximum Gasteiger partial charge on any atom is 0.416 e. The molecule has 2 aromatic heterocycles. The zero-order valence-electron chi connectivity index (χ0n) is 20.9. The first-order valence-electron chi connectivity index (χ1n) is 12.4. The van der Waals surface area contributed by atoms with Gasteiger partial charge in [0.25, 0.3) is 0 Å². The SMILES string of the molecule is O=C(CCN(CCc1ccccc1)c1nc(-c2ccco2)nc2ccccc12)Nc1cccc(C(F)(F)F)c1. The molecule has 1 amide bonds. The van der Waals surface area contributed by atoms with Gasteiger partial charge in [-0.3, -0.25) is 4.79 Å². The van der Waals surface area contributed by atoms with E-state index in [2.05, 4.69) is 10.3 Å². The van der Waals surface area contributed by atoms with Crippen LogP contribution in [0.5, 0.6) is 0 Å². The van der Waals surface area contributed by atoms with Crippen molar-refractivity contribution in [3.05, 3.63) is 108 Å². The van der Waals surface area contributed by atoms with Crippen LogP contribution in [0.15, 0.2) is 102 Å². The van der Waals surface area contributed by atoms with Gasteiger partial charge in [0.2, 0.25) is 5.91 Å². The van der Waals surface area contributed by atoms with Gasteiger partial charge in [0, 0.05) is 30.6 Å². The van der Waals surface area contributed by atoms with Crippen LogP contribution in [-0.2, 0) is 17.4 Å². The second-order valence-corrected chi connectivity index (χ2v) is 8.96. The lowest BCUT2D eigenvalue weighted by atomic mass is 10.1. The number of carbonyl (C=O) groups is 1. The number of nitrogens with one attached hydrogen (secondary N) is 1. The van der Waals surface area contributed by atoms with Crippen molar-refractivity contribution in [2.45, 2.75) is 19.0 Å². The molecule has 0 saturated heterocycles. The molecule has 0 atom stereocenters. The quantitative estimate of drug-likeness (QED) is 0.223. The van der Waals surface area contributed by atoms with Gasteiger partial charge in [0.05, 0.1) is 17.3 Å². The minimum absolute atomic E-state index is 0.0411. The molecule has 0 aliphatic heterocycles. The number of fused-ring (bicyclic) bond motifs is 1. The van der Waals surface area contributed by atoms with Crippen molar-refractivity contribution in [2.75, 3.05) is 23.3 Å². The summed E-state index contributed by atoms with van der Waals surface area (Å²) >= 11 is 0. The summed E-state index contributed by atoms with van der Waals surface area (Å²) in [4.78, 5) is 24.3. The molecule has 0 unspecified atom stereocenters. The molecule has 0 radical (unpaired) electrons. The fraction of sp³-hybridized carbons (Fsp3) is 0.167. The molecule has 9 heteroatoms. The van der Waals surface area contributed by atoms with E-state index in [1.54, 1.807) is 18.4 Å². The van der Waals surface area contributed by atoms with Gasteiger partial charge in [-0.05, 0) is 54.4 Å². The molecule has 0 spiro atoms. The lowest BCUT2D eigenvalue weighted by Crippen LogP contribution is -2.31. The molecule has 3 aromatic carbocycles. The van der Waals surface area contributed by atoms with Gasteiger partial charge in [-0.25, -0.2) is 9.97 Å². The number of halogens is 3. The van der Waals surface area contributed by atoms with Crippen molar-refractivity contribution >= 4 is 28.3 Å². The average molecular weight is 531 g/mol. The Bertz CT molecular complexity index is 1550. The molecule has 39 heavy (non-hydrogen) atoms. The van der Waals surface area contributed by atoms with E-state index in [9.17, 15) is 18.0 Å². The highest BCUT2D eigenvalue weighted by Crippen LogP contribution is 2.31. The van der Waals surface area contributed by atoms with Crippen molar-refractivity contribution in [2.24, 2.45) is 0 Å². The third kappa shape index (κ3) is 6.43. The Morgan fingerprint density at radius 3 is 2.44 bits per heavy atom. The first kappa shape index (κ1) is 26.0. The predicted molar refractivity (Wildman–Crippen MR) is 144 cm³/mol. The summed E-state index contributed by atoms with van der Waals surface area (Å²) in [7, 11) is 0. The van der Waals surface area contributed by atoms with E-state index in [4.69, 9.17) is 9.40 Å². The van der Waals surface area contributed by atoms with E-state index >= 15 is 0 Å². The van der Waals surface area contributed by atoms with E-state index in [0.717, 1.165) is 28.6 Å². The highest BCUT2D eigenvalue weighted by Gasteiger charge is 2.30. The molecule has 0 aliphatic rings. The Kier molecular flexibility index (Phi) is 7.58. The fourth-order valence-electron chi connectivity index (χ4n) is 4.28. The van der Waals surface area contributed by atoms with E-state index in [0.29, 0.717) is 30.4 Å². The number of para-hydroxylation sites is 1. The van der Waals surface area contributed by atoms with Gasteiger partial charge >= 0.3 is 6.18 Å². The van der Waals surface area contributed by atoms with Gasteiger partial charge in [-0.2, -0.15) is 13.2 Å². The number of aromatic nitrogens is 2. The summed E-state index contributed by atoms with van der Waals surface area (Å²) in [5, 5.41) is 3.41. The lowest BCUT2D eigenvalue weighted by molar-refractivity contribution is -0.137. The van der Waals surface area contributed by atoms with Crippen LogP contribution in [0.3, 0.4) is 0 Å².